The van der Waals surface area contributed by atoms with Crippen molar-refractivity contribution in [2.45, 2.75) is 38.6 Å². The first-order valence-electron chi connectivity index (χ1n) is 12.9. The third-order valence-electron chi connectivity index (χ3n) is 7.72. The van der Waals surface area contributed by atoms with Gasteiger partial charge in [0.05, 0.1) is 5.56 Å². The van der Waals surface area contributed by atoms with Crippen molar-refractivity contribution in [2.24, 2.45) is 16.8 Å². The van der Waals surface area contributed by atoms with E-state index in [2.05, 4.69) is 4.99 Å². The third kappa shape index (κ3) is 4.41. The number of rotatable bonds is 5. The number of hydrogen-bond donors (Lipinski definition) is 0. The third-order valence-corrected chi connectivity index (χ3v) is 7.72. The molecule has 0 bridgehead atoms. The number of hydrogen-bond acceptors (Lipinski definition) is 3. The van der Waals surface area contributed by atoms with Gasteiger partial charge in [0.2, 0.25) is 5.91 Å². The monoisotopic (exact) mass is 501 g/mol. The van der Waals surface area contributed by atoms with Crippen LogP contribution in [0.5, 0.6) is 0 Å². The number of amides is 2. The van der Waals surface area contributed by atoms with E-state index >= 15 is 4.39 Å². The summed E-state index contributed by atoms with van der Waals surface area (Å²) < 4.78 is 29.1. The molecule has 1 saturated heterocycles. The van der Waals surface area contributed by atoms with E-state index in [0.29, 0.717) is 31.0 Å². The van der Waals surface area contributed by atoms with E-state index in [1.807, 2.05) is 29.2 Å². The molecule has 6 rings (SSSR count). The molecule has 7 heteroatoms. The molecule has 2 aliphatic heterocycles. The summed E-state index contributed by atoms with van der Waals surface area (Å²) in [6.45, 7) is 5.24. The number of likely N-dealkylation sites (tertiary alicyclic amines) is 1. The first-order chi connectivity index (χ1) is 17.7. The second-order valence-electron chi connectivity index (χ2n) is 11.0. The van der Waals surface area contributed by atoms with Gasteiger partial charge in [-0.2, -0.15) is 0 Å². The summed E-state index contributed by atoms with van der Waals surface area (Å²) in [5.41, 5.74) is 0.816. The van der Waals surface area contributed by atoms with Crippen LogP contribution in [0.15, 0.2) is 59.6 Å². The van der Waals surface area contributed by atoms with Crippen LogP contribution in [0.4, 0.5) is 8.78 Å². The van der Waals surface area contributed by atoms with Gasteiger partial charge in [0.1, 0.15) is 23.0 Å². The van der Waals surface area contributed by atoms with Gasteiger partial charge in [-0.25, -0.2) is 8.78 Å². The zero-order valence-corrected chi connectivity index (χ0v) is 21.0. The van der Waals surface area contributed by atoms with Gasteiger partial charge in [-0.1, -0.05) is 24.3 Å². The molecule has 1 unspecified atom stereocenters. The SMILES string of the molecule is CC1(C)N=C(c2ccc(-c3ccc4cc(F)ccc4c3)cc2F)N(CC2CCN(C(=O)C3CC3)C2)C1=O. The number of halogens is 2. The summed E-state index contributed by atoms with van der Waals surface area (Å²) >= 11 is 0. The predicted octanol–water partition coefficient (Wildman–Crippen LogP) is 5.41. The molecule has 3 aromatic carbocycles. The smallest absolute Gasteiger partial charge is 0.255 e. The molecule has 190 valence electrons. The van der Waals surface area contributed by atoms with Gasteiger partial charge in [0.15, 0.2) is 0 Å². The van der Waals surface area contributed by atoms with E-state index in [-0.39, 0.29) is 35.0 Å². The highest BCUT2D eigenvalue weighted by molar-refractivity contribution is 6.15. The van der Waals surface area contributed by atoms with Crippen molar-refractivity contribution in [3.05, 3.63) is 71.8 Å². The van der Waals surface area contributed by atoms with Gasteiger partial charge in [0, 0.05) is 25.6 Å². The molecule has 1 aliphatic carbocycles. The molecule has 2 heterocycles. The minimum Gasteiger partial charge on any atom is -0.342 e. The van der Waals surface area contributed by atoms with Gasteiger partial charge in [-0.05, 0) is 91.3 Å². The Morgan fingerprint density at radius 2 is 1.68 bits per heavy atom. The summed E-state index contributed by atoms with van der Waals surface area (Å²) in [4.78, 5) is 33.9. The van der Waals surface area contributed by atoms with Gasteiger partial charge in [-0.3, -0.25) is 19.5 Å². The van der Waals surface area contributed by atoms with Crippen LogP contribution in [0.2, 0.25) is 0 Å². The summed E-state index contributed by atoms with van der Waals surface area (Å²) in [5.74, 6) is -0.0162. The zero-order valence-electron chi connectivity index (χ0n) is 21.0. The number of carbonyl (C=O) groups excluding carboxylic acids is 2. The van der Waals surface area contributed by atoms with Crippen LogP contribution in [-0.4, -0.2) is 52.6 Å². The van der Waals surface area contributed by atoms with Crippen LogP contribution >= 0.6 is 0 Å². The van der Waals surface area contributed by atoms with Crippen molar-refractivity contribution in [3.63, 3.8) is 0 Å². The maximum Gasteiger partial charge on any atom is 0.255 e. The van der Waals surface area contributed by atoms with Crippen LogP contribution in [0.3, 0.4) is 0 Å². The van der Waals surface area contributed by atoms with Crippen molar-refractivity contribution >= 4 is 28.4 Å². The van der Waals surface area contributed by atoms with Crippen LogP contribution in [0.25, 0.3) is 21.9 Å². The molecule has 0 spiro atoms. The minimum absolute atomic E-state index is 0.135. The van der Waals surface area contributed by atoms with E-state index in [1.165, 1.54) is 18.2 Å². The lowest BCUT2D eigenvalue weighted by atomic mass is 9.99. The average molecular weight is 502 g/mol. The van der Waals surface area contributed by atoms with Crippen LogP contribution < -0.4 is 0 Å². The number of amidine groups is 1. The van der Waals surface area contributed by atoms with Crippen molar-refractivity contribution in [1.82, 2.24) is 9.80 Å². The number of carbonyl (C=O) groups is 2. The van der Waals surface area contributed by atoms with E-state index < -0.39 is 11.4 Å². The largest absolute Gasteiger partial charge is 0.342 e. The standard InChI is InChI=1S/C30H29F2N3O2/c1-30(2)29(37)35(17-18-11-12-34(16-18)28(36)19-3-4-19)27(33-30)25-10-8-23(15-26(25)32)20-5-6-22-14-24(31)9-7-21(22)13-20/h5-10,13-15,18-19H,3-4,11-12,16-17H2,1-2H3. The van der Waals surface area contributed by atoms with E-state index in [1.54, 1.807) is 30.9 Å². The normalized spacial score (nSPS) is 21.1. The van der Waals surface area contributed by atoms with E-state index in [9.17, 15) is 14.0 Å². The fourth-order valence-electron chi connectivity index (χ4n) is 5.48. The molecule has 3 aliphatic rings. The molecule has 1 saturated carbocycles. The molecular weight excluding hydrogens is 472 g/mol. The van der Waals surface area contributed by atoms with Crippen LogP contribution in [0, 0.1) is 23.5 Å². The Hall–Kier alpha value is -3.61. The molecule has 0 N–H and O–H groups in total. The Bertz CT molecular complexity index is 1460. The van der Waals surface area contributed by atoms with Gasteiger partial charge < -0.3 is 4.90 Å². The molecule has 2 amide bonds. The summed E-state index contributed by atoms with van der Waals surface area (Å²) in [5, 5.41) is 1.65. The Balaban J connectivity index is 1.26. The Kier molecular flexibility index (Phi) is 5.62. The molecular formula is C30H29F2N3O2. The van der Waals surface area contributed by atoms with Crippen LogP contribution in [-0.2, 0) is 9.59 Å². The van der Waals surface area contributed by atoms with E-state index in [4.69, 9.17) is 0 Å². The first-order valence-corrected chi connectivity index (χ1v) is 12.9. The fourth-order valence-corrected chi connectivity index (χ4v) is 5.48. The zero-order chi connectivity index (χ0) is 25.9. The Morgan fingerprint density at radius 1 is 0.973 bits per heavy atom. The highest BCUT2D eigenvalue weighted by Gasteiger charge is 2.44. The molecule has 1 atom stereocenters. The second kappa shape index (κ2) is 8.75. The fraction of sp³-hybridized carbons (Fsp3) is 0.367. The van der Waals surface area contributed by atoms with Crippen molar-refractivity contribution in [1.29, 1.82) is 0 Å². The van der Waals surface area contributed by atoms with Crippen molar-refractivity contribution < 1.29 is 18.4 Å². The highest BCUT2D eigenvalue weighted by atomic mass is 19.1. The molecule has 37 heavy (non-hydrogen) atoms. The number of nitrogens with zero attached hydrogens (tertiary/aromatic N) is 3. The lowest BCUT2D eigenvalue weighted by Crippen LogP contribution is -2.43. The van der Waals surface area contributed by atoms with Gasteiger partial charge in [0.25, 0.3) is 5.91 Å². The molecule has 2 fully saturated rings. The van der Waals surface area contributed by atoms with Crippen molar-refractivity contribution in [2.75, 3.05) is 19.6 Å². The summed E-state index contributed by atoms with van der Waals surface area (Å²) in [6.07, 6.45) is 2.77. The second-order valence-corrected chi connectivity index (χ2v) is 11.0. The van der Waals surface area contributed by atoms with Gasteiger partial charge in [-0.15, -0.1) is 0 Å². The Labute approximate surface area is 214 Å². The number of aliphatic imine (C=N–C) groups is 1. The lowest BCUT2D eigenvalue weighted by molar-refractivity contribution is -0.131. The van der Waals surface area contributed by atoms with Crippen molar-refractivity contribution in [3.8, 4) is 11.1 Å². The number of benzene rings is 3. The van der Waals surface area contributed by atoms with E-state index in [0.717, 1.165) is 35.6 Å². The lowest BCUT2D eigenvalue weighted by Gasteiger charge is -2.25. The van der Waals surface area contributed by atoms with Crippen LogP contribution in [0.1, 0.15) is 38.7 Å². The predicted molar refractivity (Wildman–Crippen MR) is 139 cm³/mol. The topological polar surface area (TPSA) is 53.0 Å². The number of fused-ring (bicyclic) bond motifs is 1. The Morgan fingerprint density at radius 3 is 2.43 bits per heavy atom. The molecule has 3 aromatic rings. The highest BCUT2D eigenvalue weighted by Crippen LogP contribution is 2.34. The van der Waals surface area contributed by atoms with Gasteiger partial charge >= 0.3 is 0 Å². The molecule has 0 aromatic heterocycles. The molecule has 0 radical (unpaired) electrons. The maximum atomic E-state index is 15.6. The first kappa shape index (κ1) is 23.8. The summed E-state index contributed by atoms with van der Waals surface area (Å²) in [7, 11) is 0. The summed E-state index contributed by atoms with van der Waals surface area (Å²) in [6, 6.07) is 15.1. The maximum absolute atomic E-state index is 15.6. The quantitative estimate of drug-likeness (QED) is 0.469. The minimum atomic E-state index is -0.976. The average Bonchev–Trinajstić information content (AvgIpc) is 3.58. The molecule has 5 nitrogen and oxygen atoms in total.